The van der Waals surface area contributed by atoms with Crippen LogP contribution in [0.2, 0.25) is 0 Å². The van der Waals surface area contributed by atoms with Gasteiger partial charge in [0.15, 0.2) is 0 Å². The quantitative estimate of drug-likeness (QED) is 0.509. The Morgan fingerprint density at radius 3 is 1.87 bits per heavy atom. The largest absolute Gasteiger partial charge is 0.492 e. The van der Waals surface area contributed by atoms with E-state index in [1.54, 1.807) is 0 Å². The second kappa shape index (κ2) is 10.4. The molecule has 0 saturated heterocycles. The number of ether oxygens (including phenoxy) is 1. The summed E-state index contributed by atoms with van der Waals surface area (Å²) in [4.78, 5) is 13.8. The minimum Gasteiger partial charge on any atom is -0.492 e. The Kier molecular flexibility index (Phi) is 7.41. The number of carboxylic acid groups (broad SMARTS) is 1. The number of aliphatic carboxylic acids is 1. The molecule has 0 aliphatic rings. The van der Waals surface area contributed by atoms with Crippen molar-refractivity contribution in [3.8, 4) is 5.75 Å². The van der Waals surface area contributed by atoms with Crippen LogP contribution in [0.5, 0.6) is 5.75 Å². The van der Waals surface area contributed by atoms with Crippen LogP contribution in [0.4, 0.5) is 0 Å². The van der Waals surface area contributed by atoms with E-state index in [9.17, 15) is 9.90 Å². The zero-order chi connectivity index (χ0) is 21.3. The van der Waals surface area contributed by atoms with E-state index in [1.165, 1.54) is 0 Å². The number of hydrogen-bond acceptors (Lipinski definition) is 3. The lowest BCUT2D eigenvalue weighted by Crippen LogP contribution is -2.19. The fraction of sp³-hybridized carbons (Fsp3) is 0.192. The molecular formula is C26H27NO3. The first-order valence-corrected chi connectivity index (χ1v) is 9.98. The summed E-state index contributed by atoms with van der Waals surface area (Å²) in [5.41, 5.74) is 4.56. The van der Waals surface area contributed by atoms with E-state index in [-0.39, 0.29) is 6.42 Å². The van der Waals surface area contributed by atoms with Crippen molar-refractivity contribution in [3.63, 3.8) is 0 Å². The maximum absolute atomic E-state index is 11.7. The number of carboxylic acids is 1. The van der Waals surface area contributed by atoms with E-state index in [0.717, 1.165) is 40.1 Å². The van der Waals surface area contributed by atoms with Gasteiger partial charge < -0.3 is 14.7 Å². The third-order valence-electron chi connectivity index (χ3n) is 4.76. The van der Waals surface area contributed by atoms with Gasteiger partial charge in [0.25, 0.3) is 0 Å². The van der Waals surface area contributed by atoms with Crippen molar-refractivity contribution in [2.45, 2.75) is 6.42 Å². The number of benzene rings is 3. The summed E-state index contributed by atoms with van der Waals surface area (Å²) in [6.45, 7) is 1.45. The molecule has 3 aromatic rings. The molecule has 0 aliphatic heterocycles. The lowest BCUT2D eigenvalue weighted by atomic mass is 9.88. The Hall–Kier alpha value is -3.37. The predicted octanol–water partition coefficient (Wildman–Crippen LogP) is 5.06. The van der Waals surface area contributed by atoms with Gasteiger partial charge in [0.2, 0.25) is 0 Å². The monoisotopic (exact) mass is 401 g/mol. The summed E-state index contributed by atoms with van der Waals surface area (Å²) >= 11 is 0. The van der Waals surface area contributed by atoms with Gasteiger partial charge >= 0.3 is 5.97 Å². The number of hydrogen-bond donors (Lipinski definition) is 1. The molecule has 154 valence electrons. The highest BCUT2D eigenvalue weighted by Gasteiger charge is 2.16. The first-order chi connectivity index (χ1) is 14.5. The topological polar surface area (TPSA) is 49.8 Å². The molecule has 0 spiro atoms. The molecule has 4 nitrogen and oxygen atoms in total. The standard InChI is InChI=1S/C26H27NO3/c1-27(2)17-18-30-23-15-13-22(14-16-23)26(21-11-7-4-8-12-21)24(19-25(28)29)20-9-5-3-6-10-20/h3-16H,17-19H2,1-2H3,(H,28,29)/b26-24+. The zero-order valence-corrected chi connectivity index (χ0v) is 17.4. The maximum Gasteiger partial charge on any atom is 0.307 e. The fourth-order valence-electron chi connectivity index (χ4n) is 3.31. The highest BCUT2D eigenvalue weighted by atomic mass is 16.5. The highest BCUT2D eigenvalue weighted by Crippen LogP contribution is 2.35. The third kappa shape index (κ3) is 5.82. The van der Waals surface area contributed by atoms with Crippen LogP contribution in [-0.2, 0) is 4.79 Å². The van der Waals surface area contributed by atoms with Crippen LogP contribution in [0.15, 0.2) is 84.9 Å². The van der Waals surface area contributed by atoms with Crippen molar-refractivity contribution in [2.24, 2.45) is 0 Å². The molecule has 0 radical (unpaired) electrons. The van der Waals surface area contributed by atoms with Crippen LogP contribution in [0, 0.1) is 0 Å². The fourth-order valence-corrected chi connectivity index (χ4v) is 3.31. The summed E-state index contributed by atoms with van der Waals surface area (Å²) in [5.74, 6) is -0.0570. The Morgan fingerprint density at radius 1 is 0.800 bits per heavy atom. The zero-order valence-electron chi connectivity index (χ0n) is 17.4. The van der Waals surface area contributed by atoms with Gasteiger partial charge in [-0.1, -0.05) is 72.8 Å². The molecule has 0 amide bonds. The minimum atomic E-state index is -0.856. The number of likely N-dealkylation sites (N-methyl/N-ethyl adjacent to an activating group) is 1. The van der Waals surface area contributed by atoms with E-state index in [1.807, 2.05) is 99.0 Å². The average molecular weight is 402 g/mol. The van der Waals surface area contributed by atoms with Crippen molar-refractivity contribution < 1.29 is 14.6 Å². The molecule has 3 aromatic carbocycles. The first-order valence-electron chi connectivity index (χ1n) is 9.98. The Bertz CT molecular complexity index is 978. The summed E-state index contributed by atoms with van der Waals surface area (Å²) in [6.07, 6.45) is -0.0602. The van der Waals surface area contributed by atoms with Gasteiger partial charge in [-0.3, -0.25) is 4.79 Å². The normalized spacial score (nSPS) is 11.8. The van der Waals surface area contributed by atoms with Gasteiger partial charge in [-0.15, -0.1) is 0 Å². The molecular weight excluding hydrogens is 374 g/mol. The summed E-state index contributed by atoms with van der Waals surface area (Å²) < 4.78 is 5.82. The molecule has 0 saturated carbocycles. The molecule has 0 heterocycles. The second-order valence-electron chi connectivity index (χ2n) is 7.33. The first kappa shape index (κ1) is 21.3. The van der Waals surface area contributed by atoms with Gasteiger partial charge in [-0.2, -0.15) is 0 Å². The van der Waals surface area contributed by atoms with Crippen LogP contribution < -0.4 is 4.74 Å². The van der Waals surface area contributed by atoms with E-state index >= 15 is 0 Å². The molecule has 1 N–H and O–H groups in total. The Labute approximate surface area is 178 Å². The van der Waals surface area contributed by atoms with Crippen molar-refractivity contribution in [1.82, 2.24) is 4.90 Å². The molecule has 0 aromatic heterocycles. The smallest absolute Gasteiger partial charge is 0.307 e. The van der Waals surface area contributed by atoms with Crippen LogP contribution in [0.25, 0.3) is 11.1 Å². The minimum absolute atomic E-state index is 0.0602. The highest BCUT2D eigenvalue weighted by molar-refractivity contribution is 6.03. The Balaban J connectivity index is 2.06. The number of rotatable bonds is 9. The van der Waals surface area contributed by atoms with Gasteiger partial charge in [0, 0.05) is 6.54 Å². The summed E-state index contributed by atoms with van der Waals surface area (Å²) in [5, 5.41) is 9.62. The van der Waals surface area contributed by atoms with Crippen LogP contribution in [0.1, 0.15) is 23.1 Å². The number of nitrogens with zero attached hydrogens (tertiary/aromatic N) is 1. The van der Waals surface area contributed by atoms with Gasteiger partial charge in [-0.25, -0.2) is 0 Å². The SMILES string of the molecule is CN(C)CCOc1ccc(/C(=C(\CC(=O)O)c2ccccc2)c2ccccc2)cc1. The molecule has 0 bridgehead atoms. The molecule has 0 aliphatic carbocycles. The lowest BCUT2D eigenvalue weighted by Gasteiger charge is -2.17. The average Bonchev–Trinajstić information content (AvgIpc) is 2.75. The number of carbonyl (C=O) groups is 1. The molecule has 3 rings (SSSR count). The Morgan fingerprint density at radius 2 is 1.33 bits per heavy atom. The maximum atomic E-state index is 11.7. The van der Waals surface area contributed by atoms with Crippen molar-refractivity contribution in [2.75, 3.05) is 27.2 Å². The van der Waals surface area contributed by atoms with Crippen LogP contribution in [0.3, 0.4) is 0 Å². The van der Waals surface area contributed by atoms with E-state index in [2.05, 4.69) is 4.90 Å². The second-order valence-corrected chi connectivity index (χ2v) is 7.33. The molecule has 0 fully saturated rings. The molecule has 30 heavy (non-hydrogen) atoms. The van der Waals surface area contributed by atoms with E-state index in [0.29, 0.717) is 6.61 Å². The molecule has 0 atom stereocenters. The summed E-state index contributed by atoms with van der Waals surface area (Å²) in [6, 6.07) is 27.5. The van der Waals surface area contributed by atoms with Crippen molar-refractivity contribution in [3.05, 3.63) is 102 Å². The van der Waals surface area contributed by atoms with Crippen molar-refractivity contribution >= 4 is 17.1 Å². The van der Waals surface area contributed by atoms with Crippen LogP contribution >= 0.6 is 0 Å². The van der Waals surface area contributed by atoms with Crippen molar-refractivity contribution in [1.29, 1.82) is 0 Å². The van der Waals surface area contributed by atoms with E-state index in [4.69, 9.17) is 4.74 Å². The molecule has 0 unspecified atom stereocenters. The van der Waals surface area contributed by atoms with E-state index < -0.39 is 5.97 Å². The summed E-state index contributed by atoms with van der Waals surface area (Å²) in [7, 11) is 4.02. The van der Waals surface area contributed by atoms with Gasteiger partial charge in [0.1, 0.15) is 12.4 Å². The predicted molar refractivity (Wildman–Crippen MR) is 122 cm³/mol. The van der Waals surface area contributed by atoms with Gasteiger partial charge in [0.05, 0.1) is 6.42 Å². The van der Waals surface area contributed by atoms with Gasteiger partial charge in [-0.05, 0) is 54.1 Å². The lowest BCUT2D eigenvalue weighted by molar-refractivity contribution is -0.135. The van der Waals surface area contributed by atoms with Crippen LogP contribution in [-0.4, -0.2) is 43.2 Å². The third-order valence-corrected chi connectivity index (χ3v) is 4.76. The molecule has 4 heteroatoms.